The Kier molecular flexibility index (Phi) is 4.24. The quantitative estimate of drug-likeness (QED) is 0.878. The van der Waals surface area contributed by atoms with Gasteiger partial charge in [-0.2, -0.15) is 0 Å². The summed E-state index contributed by atoms with van der Waals surface area (Å²) in [6.45, 7) is 7.37. The monoisotopic (exact) mass is 267 g/mol. The van der Waals surface area contributed by atoms with Gasteiger partial charge in [0.15, 0.2) is 0 Å². The Morgan fingerprint density at radius 3 is 2.72 bits per heavy atom. The zero-order valence-electron chi connectivity index (χ0n) is 11.0. The Morgan fingerprint density at radius 1 is 1.56 bits per heavy atom. The number of carbonyl (C=O) groups is 1. The number of nitrogens with zero attached hydrogens (tertiary/aromatic N) is 1. The molecule has 1 aromatic heterocycles. The summed E-state index contributed by atoms with van der Waals surface area (Å²) in [5.74, 6) is 0.0229. The van der Waals surface area contributed by atoms with Crippen LogP contribution in [0.15, 0.2) is 6.07 Å². The Morgan fingerprint density at radius 2 is 2.22 bits per heavy atom. The Hall–Kier alpha value is -1.07. The molecule has 1 fully saturated rings. The van der Waals surface area contributed by atoms with Gasteiger partial charge in [-0.05, 0) is 32.4 Å². The van der Waals surface area contributed by atoms with Crippen LogP contribution in [-0.4, -0.2) is 36.5 Å². The maximum absolute atomic E-state index is 12.1. The van der Waals surface area contributed by atoms with Crippen molar-refractivity contribution >= 4 is 22.9 Å². The van der Waals surface area contributed by atoms with E-state index in [4.69, 9.17) is 5.73 Å². The molecule has 0 unspecified atom stereocenters. The molecule has 100 valence electrons. The first-order valence-electron chi connectivity index (χ1n) is 6.49. The lowest BCUT2D eigenvalue weighted by atomic mass is 10.1. The summed E-state index contributed by atoms with van der Waals surface area (Å²) in [5.41, 5.74) is 6.49. The van der Waals surface area contributed by atoms with Gasteiger partial charge in [-0.15, -0.1) is 11.3 Å². The molecule has 1 saturated heterocycles. The number of carbonyl (C=O) groups excluding carboxylic acids is 1. The van der Waals surface area contributed by atoms with Gasteiger partial charge >= 0.3 is 0 Å². The minimum atomic E-state index is 0.0229. The second kappa shape index (κ2) is 5.71. The molecule has 3 N–H and O–H groups in total. The number of thiophene rings is 1. The van der Waals surface area contributed by atoms with Crippen molar-refractivity contribution in [3.8, 4) is 0 Å². The Labute approximate surface area is 112 Å². The van der Waals surface area contributed by atoms with Crippen LogP contribution in [0.25, 0.3) is 0 Å². The molecule has 0 saturated carbocycles. The number of aryl methyl sites for hydroxylation is 1. The van der Waals surface area contributed by atoms with Gasteiger partial charge in [0.05, 0.1) is 4.88 Å². The Balaban J connectivity index is 1.88. The Bertz CT molecular complexity index is 402. The van der Waals surface area contributed by atoms with E-state index < -0.39 is 0 Å². The highest BCUT2D eigenvalue weighted by Crippen LogP contribution is 2.23. The molecule has 18 heavy (non-hydrogen) atoms. The van der Waals surface area contributed by atoms with E-state index in [2.05, 4.69) is 17.1 Å². The van der Waals surface area contributed by atoms with E-state index in [9.17, 15) is 4.79 Å². The van der Waals surface area contributed by atoms with Crippen LogP contribution >= 0.6 is 11.3 Å². The lowest BCUT2D eigenvalue weighted by Crippen LogP contribution is -2.44. The smallest absolute Gasteiger partial charge is 0.261 e. The van der Waals surface area contributed by atoms with Gasteiger partial charge in [0.2, 0.25) is 0 Å². The minimum Gasteiger partial charge on any atom is -0.398 e. The zero-order valence-corrected chi connectivity index (χ0v) is 11.8. The second-order valence-electron chi connectivity index (χ2n) is 4.80. The van der Waals surface area contributed by atoms with Crippen molar-refractivity contribution in [2.45, 2.75) is 32.7 Å². The van der Waals surface area contributed by atoms with Gasteiger partial charge in [0.25, 0.3) is 5.91 Å². The van der Waals surface area contributed by atoms with Crippen LogP contribution in [0.3, 0.4) is 0 Å². The van der Waals surface area contributed by atoms with Gasteiger partial charge in [0, 0.05) is 29.7 Å². The molecule has 0 aliphatic carbocycles. The molecule has 0 atom stereocenters. The number of hydrogen-bond donors (Lipinski definition) is 2. The first-order valence-corrected chi connectivity index (χ1v) is 7.31. The van der Waals surface area contributed by atoms with Crippen LogP contribution in [0, 0.1) is 6.92 Å². The number of amides is 1. The van der Waals surface area contributed by atoms with E-state index in [-0.39, 0.29) is 5.91 Å². The highest BCUT2D eigenvalue weighted by Gasteiger charge is 2.21. The molecule has 1 aromatic rings. The molecular formula is C13H21N3OS. The summed E-state index contributed by atoms with van der Waals surface area (Å²) in [4.78, 5) is 16.2. The summed E-state index contributed by atoms with van der Waals surface area (Å²) in [6.07, 6.45) is 2.08. The van der Waals surface area contributed by atoms with Crippen molar-refractivity contribution in [3.05, 3.63) is 15.8 Å². The fourth-order valence-corrected chi connectivity index (χ4v) is 3.10. The molecular weight excluding hydrogens is 246 g/mol. The lowest BCUT2D eigenvalue weighted by molar-refractivity contribution is 0.0917. The third-order valence-electron chi connectivity index (χ3n) is 3.55. The molecule has 0 aromatic carbocycles. The van der Waals surface area contributed by atoms with Gasteiger partial charge < -0.3 is 16.0 Å². The highest BCUT2D eigenvalue weighted by molar-refractivity contribution is 7.14. The SMILES string of the molecule is CCN1CCC(NC(=O)c2cc(N)c(C)s2)CC1. The summed E-state index contributed by atoms with van der Waals surface area (Å²) in [5, 5.41) is 3.11. The van der Waals surface area contributed by atoms with Crippen LogP contribution in [0.1, 0.15) is 34.3 Å². The van der Waals surface area contributed by atoms with Crippen molar-refractivity contribution in [2.75, 3.05) is 25.4 Å². The largest absolute Gasteiger partial charge is 0.398 e. The lowest BCUT2D eigenvalue weighted by Gasteiger charge is -2.31. The molecule has 0 radical (unpaired) electrons. The van der Waals surface area contributed by atoms with E-state index >= 15 is 0 Å². The van der Waals surface area contributed by atoms with Gasteiger partial charge in [-0.3, -0.25) is 4.79 Å². The number of nitrogens with two attached hydrogens (primary N) is 1. The molecule has 0 bridgehead atoms. The maximum Gasteiger partial charge on any atom is 0.261 e. The fraction of sp³-hybridized carbons (Fsp3) is 0.615. The van der Waals surface area contributed by atoms with Crippen molar-refractivity contribution in [3.63, 3.8) is 0 Å². The van der Waals surface area contributed by atoms with Crippen LogP contribution in [0.2, 0.25) is 0 Å². The predicted molar refractivity (Wildman–Crippen MR) is 76.1 cm³/mol. The summed E-state index contributed by atoms with van der Waals surface area (Å²) >= 11 is 1.47. The number of hydrogen-bond acceptors (Lipinski definition) is 4. The fourth-order valence-electron chi connectivity index (χ4n) is 2.26. The molecule has 4 nitrogen and oxygen atoms in total. The zero-order chi connectivity index (χ0) is 13.1. The molecule has 1 aliphatic rings. The second-order valence-corrected chi connectivity index (χ2v) is 6.06. The van der Waals surface area contributed by atoms with Crippen LogP contribution in [0.4, 0.5) is 5.69 Å². The van der Waals surface area contributed by atoms with Crippen molar-refractivity contribution in [1.29, 1.82) is 0 Å². The summed E-state index contributed by atoms with van der Waals surface area (Å²) in [6, 6.07) is 2.08. The van der Waals surface area contributed by atoms with E-state index in [0.717, 1.165) is 42.2 Å². The standard InChI is InChI=1S/C13H21N3OS/c1-3-16-6-4-10(5-7-16)15-13(17)12-8-11(14)9(2)18-12/h8,10H,3-7,14H2,1-2H3,(H,15,17). The average Bonchev–Trinajstić information content (AvgIpc) is 2.71. The van der Waals surface area contributed by atoms with E-state index in [1.165, 1.54) is 11.3 Å². The minimum absolute atomic E-state index is 0.0229. The van der Waals surface area contributed by atoms with Gasteiger partial charge in [-0.1, -0.05) is 6.92 Å². The summed E-state index contributed by atoms with van der Waals surface area (Å²) in [7, 11) is 0. The first kappa shape index (κ1) is 13.4. The number of rotatable bonds is 3. The third kappa shape index (κ3) is 3.03. The van der Waals surface area contributed by atoms with Gasteiger partial charge in [-0.25, -0.2) is 0 Å². The van der Waals surface area contributed by atoms with Crippen molar-refractivity contribution in [2.24, 2.45) is 0 Å². The maximum atomic E-state index is 12.1. The van der Waals surface area contributed by atoms with Crippen LogP contribution < -0.4 is 11.1 Å². The molecule has 5 heteroatoms. The summed E-state index contributed by atoms with van der Waals surface area (Å²) < 4.78 is 0. The molecule has 1 amide bonds. The number of likely N-dealkylation sites (tertiary alicyclic amines) is 1. The average molecular weight is 267 g/mol. The number of nitrogens with one attached hydrogen (secondary N) is 1. The molecule has 2 rings (SSSR count). The molecule has 0 spiro atoms. The number of anilines is 1. The van der Waals surface area contributed by atoms with E-state index in [1.807, 2.05) is 6.92 Å². The third-order valence-corrected chi connectivity index (χ3v) is 4.62. The van der Waals surface area contributed by atoms with Crippen molar-refractivity contribution in [1.82, 2.24) is 10.2 Å². The highest BCUT2D eigenvalue weighted by atomic mass is 32.1. The molecule has 2 heterocycles. The van der Waals surface area contributed by atoms with Crippen LogP contribution in [-0.2, 0) is 0 Å². The first-order chi connectivity index (χ1) is 8.60. The predicted octanol–water partition coefficient (Wildman–Crippen LogP) is 1.85. The van der Waals surface area contributed by atoms with E-state index in [1.54, 1.807) is 6.07 Å². The number of piperidine rings is 1. The number of nitrogen functional groups attached to an aromatic ring is 1. The van der Waals surface area contributed by atoms with E-state index in [0.29, 0.717) is 11.7 Å². The molecule has 1 aliphatic heterocycles. The normalized spacial score (nSPS) is 17.9. The van der Waals surface area contributed by atoms with Crippen LogP contribution in [0.5, 0.6) is 0 Å². The van der Waals surface area contributed by atoms with Crippen molar-refractivity contribution < 1.29 is 4.79 Å². The topological polar surface area (TPSA) is 58.4 Å². The van der Waals surface area contributed by atoms with Gasteiger partial charge in [0.1, 0.15) is 0 Å².